The second-order valence-electron chi connectivity index (χ2n) is 8.07. The van der Waals surface area contributed by atoms with Gasteiger partial charge in [-0.2, -0.15) is 0 Å². The highest BCUT2D eigenvalue weighted by Crippen LogP contribution is 2.46. The molecule has 7 nitrogen and oxygen atoms in total. The van der Waals surface area contributed by atoms with Crippen LogP contribution >= 0.6 is 0 Å². The molecule has 7 heteroatoms. The topological polar surface area (TPSA) is 87.0 Å². The first-order valence-corrected chi connectivity index (χ1v) is 10.5. The third kappa shape index (κ3) is 3.68. The lowest BCUT2D eigenvalue weighted by atomic mass is 9.73. The third-order valence-corrected chi connectivity index (χ3v) is 6.16. The Labute approximate surface area is 187 Å². The summed E-state index contributed by atoms with van der Waals surface area (Å²) in [6, 6.07) is 9.39. The van der Waals surface area contributed by atoms with E-state index in [1.165, 1.54) is 7.11 Å². The van der Waals surface area contributed by atoms with Crippen LogP contribution in [0.2, 0.25) is 0 Å². The zero-order chi connectivity index (χ0) is 23.0. The summed E-state index contributed by atoms with van der Waals surface area (Å²) in [5.41, 5.74) is 3.44. The first-order valence-electron chi connectivity index (χ1n) is 10.5. The Morgan fingerprint density at radius 1 is 1.03 bits per heavy atom. The second-order valence-corrected chi connectivity index (χ2v) is 8.07. The van der Waals surface area contributed by atoms with Gasteiger partial charge < -0.3 is 23.9 Å². The molecule has 1 aromatic heterocycles. The summed E-state index contributed by atoms with van der Waals surface area (Å²) >= 11 is 0. The Morgan fingerprint density at radius 2 is 1.78 bits per heavy atom. The van der Waals surface area contributed by atoms with E-state index in [1.807, 2.05) is 44.2 Å². The van der Waals surface area contributed by atoms with Gasteiger partial charge in [0.1, 0.15) is 11.5 Å². The van der Waals surface area contributed by atoms with Crippen LogP contribution in [0.15, 0.2) is 57.3 Å². The number of allylic oxidation sites excluding steroid dienone is 3. The van der Waals surface area contributed by atoms with Crippen molar-refractivity contribution in [2.75, 3.05) is 21.3 Å². The van der Waals surface area contributed by atoms with Crippen LogP contribution in [0.4, 0.5) is 0 Å². The maximum absolute atomic E-state index is 13.5. The molecule has 1 aromatic carbocycles. The molecular weight excluding hydrogens is 410 g/mol. The number of furan rings is 1. The fourth-order valence-corrected chi connectivity index (χ4v) is 4.66. The van der Waals surface area contributed by atoms with Gasteiger partial charge in [0.25, 0.3) is 0 Å². The molecule has 0 spiro atoms. The average molecular weight is 437 g/mol. The van der Waals surface area contributed by atoms with Gasteiger partial charge in [0.2, 0.25) is 0 Å². The summed E-state index contributed by atoms with van der Waals surface area (Å²) in [5.74, 6) is 1.43. The van der Waals surface area contributed by atoms with Crippen molar-refractivity contribution >= 4 is 11.8 Å². The first kappa shape index (κ1) is 21.7. The molecule has 2 unspecified atom stereocenters. The predicted octanol–water partition coefficient (Wildman–Crippen LogP) is 4.14. The highest BCUT2D eigenvalue weighted by Gasteiger charge is 2.42. The lowest BCUT2D eigenvalue weighted by Gasteiger charge is -2.35. The van der Waals surface area contributed by atoms with Crippen LogP contribution in [0.25, 0.3) is 0 Å². The number of rotatable bonds is 5. The minimum atomic E-state index is -0.591. The molecule has 0 amide bonds. The van der Waals surface area contributed by atoms with E-state index in [2.05, 4.69) is 5.32 Å². The molecule has 2 aliphatic rings. The molecule has 0 saturated heterocycles. The van der Waals surface area contributed by atoms with Crippen molar-refractivity contribution in [3.05, 3.63) is 70.0 Å². The number of hydrogen-bond acceptors (Lipinski definition) is 7. The Balaban J connectivity index is 1.76. The number of ketones is 1. The van der Waals surface area contributed by atoms with Gasteiger partial charge in [0.05, 0.1) is 32.8 Å². The number of dihydropyridines is 1. The SMILES string of the molecule is COC(=O)C1=C(C)NC2=C(C(=O)CC(c3ccc(OC)c(OC)c3)C2)C1c1ccc(C)o1. The fourth-order valence-electron chi connectivity index (χ4n) is 4.66. The van der Waals surface area contributed by atoms with E-state index in [1.54, 1.807) is 14.2 Å². The van der Waals surface area contributed by atoms with E-state index >= 15 is 0 Å². The van der Waals surface area contributed by atoms with Crippen molar-refractivity contribution < 1.29 is 28.2 Å². The van der Waals surface area contributed by atoms with Gasteiger partial charge >= 0.3 is 5.97 Å². The van der Waals surface area contributed by atoms with E-state index in [0.717, 1.165) is 11.3 Å². The minimum absolute atomic E-state index is 0.0218. The lowest BCUT2D eigenvalue weighted by molar-refractivity contribution is -0.136. The molecule has 0 saturated carbocycles. The number of Topliss-reactive ketones (excluding diaryl/α,β-unsaturated/α-hetero) is 1. The molecule has 0 radical (unpaired) electrons. The Morgan fingerprint density at radius 3 is 2.41 bits per heavy atom. The predicted molar refractivity (Wildman–Crippen MR) is 118 cm³/mol. The Hall–Kier alpha value is -3.48. The number of aryl methyl sites for hydroxylation is 1. The van der Waals surface area contributed by atoms with Crippen LogP contribution in [0, 0.1) is 6.92 Å². The number of benzene rings is 1. The van der Waals surface area contributed by atoms with Gasteiger partial charge in [-0.05, 0) is 56.0 Å². The standard InChI is InChI=1S/C25H27NO6/c1-13-6-8-20(32-13)24-22(25(28)31-5)14(2)26-17-10-16(11-18(27)23(17)24)15-7-9-19(29-3)21(12-15)30-4/h6-9,12,16,24,26H,10-11H2,1-5H3. The smallest absolute Gasteiger partial charge is 0.336 e. The van der Waals surface area contributed by atoms with E-state index in [4.69, 9.17) is 18.6 Å². The monoisotopic (exact) mass is 437 g/mol. The van der Waals surface area contributed by atoms with Crippen molar-refractivity contribution in [1.29, 1.82) is 0 Å². The molecule has 1 N–H and O–H groups in total. The van der Waals surface area contributed by atoms with Crippen molar-refractivity contribution in [3.63, 3.8) is 0 Å². The molecule has 2 heterocycles. The molecule has 1 aliphatic carbocycles. The van der Waals surface area contributed by atoms with Crippen molar-refractivity contribution in [3.8, 4) is 11.5 Å². The maximum atomic E-state index is 13.5. The molecule has 1 aliphatic heterocycles. The molecule has 32 heavy (non-hydrogen) atoms. The van der Waals surface area contributed by atoms with Gasteiger partial charge in [-0.3, -0.25) is 4.79 Å². The summed E-state index contributed by atoms with van der Waals surface area (Å²) in [5, 5.41) is 3.31. The zero-order valence-electron chi connectivity index (χ0n) is 18.9. The van der Waals surface area contributed by atoms with Gasteiger partial charge in [-0.15, -0.1) is 0 Å². The summed E-state index contributed by atoms with van der Waals surface area (Å²) in [4.78, 5) is 26.1. The number of methoxy groups -OCH3 is 3. The van der Waals surface area contributed by atoms with Gasteiger partial charge in [-0.1, -0.05) is 6.07 Å². The van der Waals surface area contributed by atoms with E-state index in [-0.39, 0.29) is 11.7 Å². The molecule has 2 aromatic rings. The summed E-state index contributed by atoms with van der Waals surface area (Å²) in [7, 11) is 4.53. The molecule has 0 bridgehead atoms. The second kappa shape index (κ2) is 8.57. The minimum Gasteiger partial charge on any atom is -0.493 e. The quantitative estimate of drug-likeness (QED) is 0.704. The molecule has 4 rings (SSSR count). The molecule has 0 fully saturated rings. The fraction of sp³-hybridized carbons (Fsp3) is 0.360. The van der Waals surface area contributed by atoms with Gasteiger partial charge in [0, 0.05) is 23.4 Å². The summed E-state index contributed by atoms with van der Waals surface area (Å²) < 4.78 is 21.7. The number of carbonyl (C=O) groups is 2. The van der Waals surface area contributed by atoms with Crippen LogP contribution in [0.5, 0.6) is 11.5 Å². The maximum Gasteiger partial charge on any atom is 0.336 e. The van der Waals surface area contributed by atoms with Crippen molar-refractivity contribution in [1.82, 2.24) is 5.32 Å². The largest absolute Gasteiger partial charge is 0.493 e. The zero-order valence-corrected chi connectivity index (χ0v) is 18.9. The van der Waals surface area contributed by atoms with Crippen LogP contribution < -0.4 is 14.8 Å². The number of carbonyl (C=O) groups excluding carboxylic acids is 2. The Kier molecular flexibility index (Phi) is 5.82. The van der Waals surface area contributed by atoms with Crippen molar-refractivity contribution in [2.45, 2.75) is 38.5 Å². The summed E-state index contributed by atoms with van der Waals surface area (Å²) in [6.07, 6.45) is 0.943. The highest BCUT2D eigenvalue weighted by atomic mass is 16.5. The number of nitrogens with one attached hydrogen (secondary N) is 1. The highest BCUT2D eigenvalue weighted by molar-refractivity contribution is 6.04. The normalized spacial score (nSPS) is 20.6. The molecule has 168 valence electrons. The molecule has 2 atom stereocenters. The Bertz CT molecular complexity index is 1140. The number of esters is 1. The number of hydrogen-bond donors (Lipinski definition) is 1. The van der Waals surface area contributed by atoms with Crippen LogP contribution in [-0.2, 0) is 14.3 Å². The first-order chi connectivity index (χ1) is 15.4. The van der Waals surface area contributed by atoms with Gasteiger partial charge in [-0.25, -0.2) is 4.79 Å². The van der Waals surface area contributed by atoms with Crippen LogP contribution in [0.3, 0.4) is 0 Å². The summed E-state index contributed by atoms with van der Waals surface area (Å²) in [6.45, 7) is 3.66. The van der Waals surface area contributed by atoms with Gasteiger partial charge in [0.15, 0.2) is 17.3 Å². The van der Waals surface area contributed by atoms with Crippen LogP contribution in [0.1, 0.15) is 48.7 Å². The lowest BCUT2D eigenvalue weighted by Crippen LogP contribution is -2.35. The van der Waals surface area contributed by atoms with E-state index in [9.17, 15) is 9.59 Å². The van der Waals surface area contributed by atoms with Crippen LogP contribution in [-0.4, -0.2) is 33.1 Å². The average Bonchev–Trinajstić information content (AvgIpc) is 3.22. The number of ether oxygens (including phenoxy) is 3. The van der Waals surface area contributed by atoms with E-state index < -0.39 is 11.9 Å². The third-order valence-electron chi connectivity index (χ3n) is 6.16. The van der Waals surface area contributed by atoms with E-state index in [0.29, 0.717) is 52.7 Å². The van der Waals surface area contributed by atoms with Crippen molar-refractivity contribution in [2.24, 2.45) is 0 Å². The molecular formula is C25H27NO6.